The van der Waals surface area contributed by atoms with Crippen molar-refractivity contribution in [3.05, 3.63) is 45.6 Å². The van der Waals surface area contributed by atoms with Gasteiger partial charge in [0.1, 0.15) is 5.75 Å². The molecular formula is C19H23NO4S2. The first-order valence-corrected chi connectivity index (χ1v) is 10.9. The van der Waals surface area contributed by atoms with Gasteiger partial charge >= 0.3 is 0 Å². The van der Waals surface area contributed by atoms with Gasteiger partial charge in [0.2, 0.25) is 10.0 Å². The highest BCUT2D eigenvalue weighted by Gasteiger charge is 2.34. The third-order valence-electron chi connectivity index (χ3n) is 4.84. The van der Waals surface area contributed by atoms with Crippen LogP contribution in [0.3, 0.4) is 0 Å². The largest absolute Gasteiger partial charge is 0.496 e. The van der Waals surface area contributed by atoms with Crippen LogP contribution in [-0.4, -0.2) is 38.7 Å². The van der Waals surface area contributed by atoms with Crippen LogP contribution in [0.15, 0.2) is 33.9 Å². The molecule has 1 aliphatic rings. The quantitative estimate of drug-likeness (QED) is 0.727. The number of hydrogen-bond donors (Lipinski definition) is 0. The Hall–Kier alpha value is -1.70. The zero-order chi connectivity index (χ0) is 18.9. The topological polar surface area (TPSA) is 63.7 Å². The molecule has 0 aliphatic carbocycles. The predicted molar refractivity (Wildman–Crippen MR) is 103 cm³/mol. The van der Waals surface area contributed by atoms with Crippen LogP contribution in [0.5, 0.6) is 5.75 Å². The summed E-state index contributed by atoms with van der Waals surface area (Å²) in [7, 11) is -1.91. The highest BCUT2D eigenvalue weighted by atomic mass is 32.2. The maximum absolute atomic E-state index is 13.0. The van der Waals surface area contributed by atoms with Gasteiger partial charge in [0, 0.05) is 30.0 Å². The van der Waals surface area contributed by atoms with Gasteiger partial charge in [-0.25, -0.2) is 8.42 Å². The molecule has 0 spiro atoms. The second kappa shape index (κ2) is 7.50. The number of carbonyl (C=O) groups excluding carboxylic acids is 1. The average molecular weight is 394 g/mol. The number of hydrogen-bond acceptors (Lipinski definition) is 5. The van der Waals surface area contributed by atoms with E-state index in [1.807, 2.05) is 26.0 Å². The Labute approximate surface area is 158 Å². The molecule has 1 fully saturated rings. The molecule has 1 atom stereocenters. The molecule has 0 unspecified atom stereocenters. The molecule has 26 heavy (non-hydrogen) atoms. The predicted octanol–water partition coefficient (Wildman–Crippen LogP) is 3.66. The van der Waals surface area contributed by atoms with Crippen LogP contribution in [-0.2, 0) is 10.0 Å². The minimum absolute atomic E-state index is 0.00377. The number of methoxy groups -OCH3 is 1. The summed E-state index contributed by atoms with van der Waals surface area (Å²) in [6.45, 7) is 4.53. The lowest BCUT2D eigenvalue weighted by Gasteiger charge is -2.31. The fraction of sp³-hybridized carbons (Fsp3) is 0.421. The second-order valence-electron chi connectivity index (χ2n) is 6.67. The van der Waals surface area contributed by atoms with Crippen molar-refractivity contribution in [2.24, 2.45) is 5.92 Å². The normalized spacial score (nSPS) is 18.7. The van der Waals surface area contributed by atoms with E-state index in [0.29, 0.717) is 29.8 Å². The van der Waals surface area contributed by atoms with E-state index in [-0.39, 0.29) is 18.2 Å². The van der Waals surface area contributed by atoms with Crippen LogP contribution >= 0.6 is 11.3 Å². The summed E-state index contributed by atoms with van der Waals surface area (Å²) in [5, 5.41) is 3.39. The van der Waals surface area contributed by atoms with Gasteiger partial charge in [-0.1, -0.05) is 0 Å². The summed E-state index contributed by atoms with van der Waals surface area (Å²) in [6, 6.07) is 5.28. The Morgan fingerprint density at radius 2 is 1.96 bits per heavy atom. The number of sulfonamides is 1. The van der Waals surface area contributed by atoms with Gasteiger partial charge in [0.15, 0.2) is 5.78 Å². The lowest BCUT2D eigenvalue weighted by Crippen LogP contribution is -2.42. The molecule has 7 heteroatoms. The number of benzene rings is 1. The Morgan fingerprint density at radius 3 is 2.54 bits per heavy atom. The summed E-state index contributed by atoms with van der Waals surface area (Å²) in [4.78, 5) is 13.3. The molecule has 0 saturated carbocycles. The minimum atomic E-state index is -3.52. The number of piperidine rings is 1. The third kappa shape index (κ3) is 3.56. The van der Waals surface area contributed by atoms with E-state index in [9.17, 15) is 13.2 Å². The number of carbonyl (C=O) groups is 1. The molecule has 5 nitrogen and oxygen atoms in total. The number of ketones is 1. The smallest absolute Gasteiger partial charge is 0.243 e. The number of aryl methyl sites for hydroxylation is 2. The second-order valence-corrected chi connectivity index (χ2v) is 9.39. The number of nitrogens with zero attached hydrogens (tertiary/aromatic N) is 1. The van der Waals surface area contributed by atoms with Gasteiger partial charge in [0.25, 0.3) is 0 Å². The number of thiophene rings is 1. The van der Waals surface area contributed by atoms with Crippen molar-refractivity contribution < 1.29 is 17.9 Å². The SMILES string of the molecule is COc1c(C)cc(C(=O)[C@@H]2CCCN(S(=O)(=O)c3ccsc3)C2)cc1C. The maximum atomic E-state index is 13.0. The lowest BCUT2D eigenvalue weighted by atomic mass is 9.89. The van der Waals surface area contributed by atoms with E-state index in [2.05, 4.69) is 0 Å². The number of Topliss-reactive ketones (excluding diaryl/α,β-unsaturated/α-hetero) is 1. The summed E-state index contributed by atoms with van der Waals surface area (Å²) < 4.78 is 32.3. The maximum Gasteiger partial charge on any atom is 0.243 e. The van der Waals surface area contributed by atoms with Crippen molar-refractivity contribution in [2.75, 3.05) is 20.2 Å². The monoisotopic (exact) mass is 393 g/mol. The highest BCUT2D eigenvalue weighted by Crippen LogP contribution is 2.29. The molecule has 1 aromatic heterocycles. The highest BCUT2D eigenvalue weighted by molar-refractivity contribution is 7.89. The first kappa shape index (κ1) is 19.1. The Bertz CT molecular complexity index is 881. The number of rotatable bonds is 5. The van der Waals surface area contributed by atoms with Gasteiger partial charge in [-0.05, 0) is 61.4 Å². The summed E-state index contributed by atoms with van der Waals surface area (Å²) in [6.07, 6.45) is 1.40. The van der Waals surface area contributed by atoms with E-state index >= 15 is 0 Å². The molecule has 1 saturated heterocycles. The van der Waals surface area contributed by atoms with Gasteiger partial charge < -0.3 is 4.74 Å². The van der Waals surface area contributed by atoms with Crippen molar-refractivity contribution in [1.82, 2.24) is 4.31 Å². The molecule has 0 N–H and O–H groups in total. The van der Waals surface area contributed by atoms with Crippen molar-refractivity contribution in [3.63, 3.8) is 0 Å². The van der Waals surface area contributed by atoms with Crippen molar-refractivity contribution >= 4 is 27.1 Å². The van der Waals surface area contributed by atoms with E-state index in [1.165, 1.54) is 15.6 Å². The van der Waals surface area contributed by atoms with Gasteiger partial charge in [-0.2, -0.15) is 15.6 Å². The van der Waals surface area contributed by atoms with Crippen LogP contribution in [0.1, 0.15) is 34.3 Å². The molecule has 2 heterocycles. The molecule has 1 aliphatic heterocycles. The zero-order valence-corrected chi connectivity index (χ0v) is 16.8. The molecule has 0 radical (unpaired) electrons. The van der Waals surface area contributed by atoms with Crippen molar-refractivity contribution in [1.29, 1.82) is 0 Å². The van der Waals surface area contributed by atoms with E-state index < -0.39 is 10.0 Å². The standard InChI is InChI=1S/C19H23NO4S2/c1-13-9-16(10-14(2)19(13)24-3)18(21)15-5-4-7-20(11-15)26(22,23)17-6-8-25-12-17/h6,8-10,12,15H,4-5,7,11H2,1-3H3/t15-/m1/s1. The van der Waals surface area contributed by atoms with Crippen LogP contribution in [0.25, 0.3) is 0 Å². The summed E-state index contributed by atoms with van der Waals surface area (Å²) >= 11 is 1.36. The Morgan fingerprint density at radius 1 is 1.27 bits per heavy atom. The molecule has 3 rings (SSSR count). The van der Waals surface area contributed by atoms with Crippen LogP contribution < -0.4 is 4.74 Å². The number of ether oxygens (including phenoxy) is 1. The van der Waals surface area contributed by atoms with Crippen LogP contribution in [0.2, 0.25) is 0 Å². The Balaban J connectivity index is 1.83. The van der Waals surface area contributed by atoms with E-state index in [4.69, 9.17) is 4.74 Å². The van der Waals surface area contributed by atoms with Crippen molar-refractivity contribution in [3.8, 4) is 5.75 Å². The molecular weight excluding hydrogens is 370 g/mol. The fourth-order valence-electron chi connectivity index (χ4n) is 3.57. The third-order valence-corrected chi connectivity index (χ3v) is 7.53. The van der Waals surface area contributed by atoms with E-state index in [0.717, 1.165) is 16.9 Å². The Kier molecular flexibility index (Phi) is 5.50. The van der Waals surface area contributed by atoms with Gasteiger partial charge in [-0.15, -0.1) is 0 Å². The van der Waals surface area contributed by atoms with Gasteiger partial charge in [-0.3, -0.25) is 4.79 Å². The first-order valence-electron chi connectivity index (χ1n) is 8.56. The first-order chi connectivity index (χ1) is 12.3. The van der Waals surface area contributed by atoms with E-state index in [1.54, 1.807) is 23.9 Å². The molecule has 0 bridgehead atoms. The molecule has 1 aromatic carbocycles. The minimum Gasteiger partial charge on any atom is -0.496 e. The fourth-order valence-corrected chi connectivity index (χ4v) is 6.11. The summed E-state index contributed by atoms with van der Waals surface area (Å²) in [5.41, 5.74) is 2.45. The van der Waals surface area contributed by atoms with Crippen LogP contribution in [0.4, 0.5) is 0 Å². The van der Waals surface area contributed by atoms with Gasteiger partial charge in [0.05, 0.1) is 12.0 Å². The molecule has 0 amide bonds. The lowest BCUT2D eigenvalue weighted by molar-refractivity contribution is 0.0872. The molecule has 2 aromatic rings. The van der Waals surface area contributed by atoms with Crippen molar-refractivity contribution in [2.45, 2.75) is 31.6 Å². The zero-order valence-electron chi connectivity index (χ0n) is 15.2. The summed E-state index contributed by atoms with van der Waals surface area (Å²) in [5.74, 6) is 0.472. The van der Waals surface area contributed by atoms with Crippen LogP contribution in [0, 0.1) is 19.8 Å². The average Bonchev–Trinajstić information content (AvgIpc) is 3.16. The molecule has 140 valence electrons.